The monoisotopic (exact) mass is 776 g/mol. The molecule has 0 amide bonds. The molecule has 0 unspecified atom stereocenters. The van der Waals surface area contributed by atoms with E-state index in [9.17, 15) is 0 Å². The molecule has 10 aromatic carbocycles. The lowest BCUT2D eigenvalue weighted by molar-refractivity contribution is 1.07. The van der Waals surface area contributed by atoms with Crippen molar-refractivity contribution in [3.8, 4) is 62.1 Å². The van der Waals surface area contributed by atoms with Crippen LogP contribution in [0.15, 0.2) is 218 Å². The van der Waals surface area contributed by atoms with Gasteiger partial charge in [0.05, 0.1) is 11.0 Å². The zero-order valence-corrected chi connectivity index (χ0v) is 33.1. The Labute approximate surface area is 352 Å². The molecule has 2 aromatic heterocycles. The van der Waals surface area contributed by atoms with Crippen molar-refractivity contribution in [2.24, 2.45) is 0 Å². The highest BCUT2D eigenvalue weighted by Gasteiger charge is 2.19. The Morgan fingerprint density at radius 3 is 1.33 bits per heavy atom. The number of aromatic nitrogens is 4. The van der Waals surface area contributed by atoms with Crippen molar-refractivity contribution in [3.63, 3.8) is 0 Å². The number of para-hydroxylation sites is 1. The van der Waals surface area contributed by atoms with Crippen molar-refractivity contribution in [1.29, 1.82) is 0 Å². The minimum absolute atomic E-state index is 0.646. The highest BCUT2D eigenvalue weighted by Crippen LogP contribution is 2.43. The number of hydrogen-bond acceptors (Lipinski definition) is 3. The lowest BCUT2D eigenvalue weighted by atomic mass is 9.90. The molecule has 12 aromatic rings. The van der Waals surface area contributed by atoms with E-state index in [0.717, 1.165) is 22.4 Å². The standard InChI is InChI=1S/C57H36N4/c1-5-16-37(17-6-1)40-28-33-49-53(36-40)61(43-22-11-4-12-23-43)52-27-15-26-44(54(49)52)41-29-31-47-48-32-30-42(35-51(48)46-25-14-13-24-45(46)50(47)34-41)57-59-55(38-18-7-2-8-19-38)58-56(60-57)39-20-9-3-10-21-39/h1-36H. The van der Waals surface area contributed by atoms with Gasteiger partial charge in [0, 0.05) is 33.2 Å². The van der Waals surface area contributed by atoms with Crippen molar-refractivity contribution < 1.29 is 0 Å². The molecule has 0 fully saturated rings. The van der Waals surface area contributed by atoms with Gasteiger partial charge in [0.15, 0.2) is 17.5 Å². The van der Waals surface area contributed by atoms with Crippen LogP contribution in [0.2, 0.25) is 0 Å². The number of fused-ring (bicyclic) bond motifs is 9. The highest BCUT2D eigenvalue weighted by molar-refractivity contribution is 6.27. The maximum absolute atomic E-state index is 5.06. The molecule has 61 heavy (non-hydrogen) atoms. The normalized spacial score (nSPS) is 11.6. The fourth-order valence-corrected chi connectivity index (χ4v) is 9.17. The summed E-state index contributed by atoms with van der Waals surface area (Å²) in [6.07, 6.45) is 0. The second-order valence-electron chi connectivity index (χ2n) is 15.6. The van der Waals surface area contributed by atoms with Crippen molar-refractivity contribution in [2.45, 2.75) is 0 Å². The Bertz CT molecular complexity index is 3540. The van der Waals surface area contributed by atoms with Crippen LogP contribution in [0.1, 0.15) is 0 Å². The smallest absolute Gasteiger partial charge is 0.164 e. The second kappa shape index (κ2) is 14.3. The zero-order chi connectivity index (χ0) is 40.3. The lowest BCUT2D eigenvalue weighted by Gasteiger charge is -2.14. The van der Waals surface area contributed by atoms with Crippen LogP contribution in [0.25, 0.3) is 116 Å². The Morgan fingerprint density at radius 1 is 0.262 bits per heavy atom. The molecule has 4 heteroatoms. The van der Waals surface area contributed by atoms with Gasteiger partial charge in [-0.2, -0.15) is 0 Å². The van der Waals surface area contributed by atoms with Crippen LogP contribution in [0.3, 0.4) is 0 Å². The van der Waals surface area contributed by atoms with Crippen LogP contribution >= 0.6 is 0 Å². The molecule has 0 N–H and O–H groups in total. The Kier molecular flexibility index (Phi) is 8.13. The average molecular weight is 777 g/mol. The van der Waals surface area contributed by atoms with Crippen LogP contribution in [-0.2, 0) is 0 Å². The number of hydrogen-bond donors (Lipinski definition) is 0. The predicted octanol–water partition coefficient (Wildman–Crippen LogP) is 14.8. The summed E-state index contributed by atoms with van der Waals surface area (Å²) in [5.74, 6) is 1.95. The van der Waals surface area contributed by atoms with Gasteiger partial charge in [-0.25, -0.2) is 15.0 Å². The molecule has 0 aliphatic carbocycles. The Balaban J connectivity index is 1.05. The second-order valence-corrected chi connectivity index (χ2v) is 15.6. The van der Waals surface area contributed by atoms with E-state index in [1.165, 1.54) is 76.4 Å². The van der Waals surface area contributed by atoms with Crippen molar-refractivity contribution in [2.75, 3.05) is 0 Å². The Morgan fingerprint density at radius 2 is 0.721 bits per heavy atom. The highest BCUT2D eigenvalue weighted by atomic mass is 15.0. The molecule has 284 valence electrons. The third-order valence-electron chi connectivity index (χ3n) is 12.0. The minimum atomic E-state index is 0.646. The van der Waals surface area contributed by atoms with Gasteiger partial charge in [-0.05, 0) is 91.0 Å². The minimum Gasteiger partial charge on any atom is -0.309 e. The van der Waals surface area contributed by atoms with Crippen molar-refractivity contribution >= 4 is 54.1 Å². The fourth-order valence-electron chi connectivity index (χ4n) is 9.17. The summed E-state index contributed by atoms with van der Waals surface area (Å²) < 4.78 is 2.42. The number of rotatable bonds is 6. The SMILES string of the molecule is c1ccc(-c2ccc3c4c(-c5ccc6c7ccc(-c8nc(-c9ccccc9)nc(-c9ccccc9)n8)cc7c7ccccc7c6c5)cccc4n(-c4ccccc4)c3c2)cc1. The third kappa shape index (κ3) is 5.88. The van der Waals surface area contributed by atoms with Gasteiger partial charge in [0.1, 0.15) is 0 Å². The van der Waals surface area contributed by atoms with Gasteiger partial charge in [0.2, 0.25) is 0 Å². The summed E-state index contributed by atoms with van der Waals surface area (Å²) in [6.45, 7) is 0. The van der Waals surface area contributed by atoms with Gasteiger partial charge >= 0.3 is 0 Å². The van der Waals surface area contributed by atoms with Crippen LogP contribution in [-0.4, -0.2) is 19.5 Å². The molecule has 0 bridgehead atoms. The summed E-state index contributed by atoms with van der Waals surface area (Å²) in [6, 6.07) is 77.7. The molecule has 0 saturated heterocycles. The molecule has 0 saturated carbocycles. The first-order chi connectivity index (χ1) is 30.2. The summed E-state index contributed by atoms with van der Waals surface area (Å²) in [5, 5.41) is 9.67. The van der Waals surface area contributed by atoms with Crippen LogP contribution in [0.4, 0.5) is 0 Å². The zero-order valence-electron chi connectivity index (χ0n) is 33.1. The molecule has 2 heterocycles. The van der Waals surface area contributed by atoms with Crippen LogP contribution in [0.5, 0.6) is 0 Å². The fraction of sp³-hybridized carbons (Fsp3) is 0. The van der Waals surface area contributed by atoms with Gasteiger partial charge in [0.25, 0.3) is 0 Å². The molecule has 0 spiro atoms. The molecular weight excluding hydrogens is 741 g/mol. The largest absolute Gasteiger partial charge is 0.309 e. The molecule has 0 aliphatic rings. The van der Waals surface area contributed by atoms with Gasteiger partial charge in [-0.1, -0.05) is 182 Å². The van der Waals surface area contributed by atoms with E-state index < -0.39 is 0 Å². The molecule has 0 radical (unpaired) electrons. The molecule has 0 aliphatic heterocycles. The quantitative estimate of drug-likeness (QED) is 0.158. The Hall–Kier alpha value is -8.21. The molecule has 12 rings (SSSR count). The van der Waals surface area contributed by atoms with E-state index >= 15 is 0 Å². The first-order valence-electron chi connectivity index (χ1n) is 20.7. The summed E-state index contributed by atoms with van der Waals surface area (Å²) in [7, 11) is 0. The number of nitrogens with zero attached hydrogens (tertiary/aromatic N) is 4. The predicted molar refractivity (Wildman–Crippen MR) is 254 cm³/mol. The van der Waals surface area contributed by atoms with Crippen molar-refractivity contribution in [1.82, 2.24) is 19.5 Å². The molecule has 4 nitrogen and oxygen atoms in total. The topological polar surface area (TPSA) is 43.6 Å². The number of benzene rings is 10. The summed E-state index contributed by atoms with van der Waals surface area (Å²) >= 11 is 0. The van der Waals surface area contributed by atoms with Crippen LogP contribution < -0.4 is 0 Å². The summed E-state index contributed by atoms with van der Waals surface area (Å²) in [5.41, 5.74) is 11.2. The van der Waals surface area contributed by atoms with Gasteiger partial charge in [-0.3, -0.25) is 0 Å². The first kappa shape index (κ1) is 34.8. The van der Waals surface area contributed by atoms with E-state index in [1.54, 1.807) is 0 Å². The van der Waals surface area contributed by atoms with Crippen molar-refractivity contribution in [3.05, 3.63) is 218 Å². The maximum atomic E-state index is 5.06. The van der Waals surface area contributed by atoms with E-state index in [4.69, 9.17) is 15.0 Å². The molecule has 0 atom stereocenters. The average Bonchev–Trinajstić information content (AvgIpc) is 3.68. The van der Waals surface area contributed by atoms with Crippen LogP contribution in [0, 0.1) is 0 Å². The lowest BCUT2D eigenvalue weighted by Crippen LogP contribution is -2.00. The van der Waals surface area contributed by atoms with E-state index in [1.807, 2.05) is 60.7 Å². The summed E-state index contributed by atoms with van der Waals surface area (Å²) in [4.78, 5) is 15.0. The van der Waals surface area contributed by atoms with E-state index in [-0.39, 0.29) is 0 Å². The first-order valence-corrected chi connectivity index (χ1v) is 20.7. The van der Waals surface area contributed by atoms with E-state index in [0.29, 0.717) is 17.5 Å². The van der Waals surface area contributed by atoms with Gasteiger partial charge < -0.3 is 4.57 Å². The maximum Gasteiger partial charge on any atom is 0.164 e. The molecular formula is C57H36N4. The van der Waals surface area contributed by atoms with E-state index in [2.05, 4.69) is 162 Å². The van der Waals surface area contributed by atoms with Gasteiger partial charge in [-0.15, -0.1) is 0 Å². The third-order valence-corrected chi connectivity index (χ3v) is 12.0.